The molecule has 0 bridgehead atoms. The van der Waals surface area contributed by atoms with Crippen LogP contribution in [0.5, 0.6) is 5.75 Å². The Balaban J connectivity index is 2.28. The fourth-order valence-electron chi connectivity index (χ4n) is 1.41. The van der Waals surface area contributed by atoms with E-state index in [-0.39, 0.29) is 0 Å². The smallest absolute Gasteiger partial charge is 0.163 e. The molecule has 1 aromatic heterocycles. The average Bonchev–Trinajstić information content (AvgIpc) is 2.66. The second-order valence-corrected chi connectivity index (χ2v) is 3.22. The van der Waals surface area contributed by atoms with Crippen LogP contribution >= 0.6 is 0 Å². The highest BCUT2D eigenvalue weighted by atomic mass is 16.5. The summed E-state index contributed by atoms with van der Waals surface area (Å²) < 4.78 is 7.25. The third kappa shape index (κ3) is 1.98. The first-order valence-electron chi connectivity index (χ1n) is 4.88. The lowest BCUT2D eigenvalue weighted by atomic mass is 10.2. The summed E-state index contributed by atoms with van der Waals surface area (Å²) in [4.78, 5) is 0. The maximum absolute atomic E-state index is 5.37. The van der Waals surface area contributed by atoms with Gasteiger partial charge < -0.3 is 9.30 Å². The lowest BCUT2D eigenvalue weighted by Crippen LogP contribution is -1.93. The minimum absolute atomic E-state index is 0.684. The molecule has 0 aliphatic carbocycles. The van der Waals surface area contributed by atoms with E-state index < -0.39 is 0 Å². The standard InChI is InChI=1S/C11H13N3O/c1-3-15-10-6-4-9(5-7-10)11-13-12-8-14(11)2/h4-8H,3H2,1-2H3. The molecule has 0 atom stereocenters. The zero-order valence-electron chi connectivity index (χ0n) is 8.84. The number of benzene rings is 1. The van der Waals surface area contributed by atoms with Crippen LogP contribution in [0.3, 0.4) is 0 Å². The highest BCUT2D eigenvalue weighted by Crippen LogP contribution is 2.19. The summed E-state index contributed by atoms with van der Waals surface area (Å²) in [7, 11) is 1.92. The lowest BCUT2D eigenvalue weighted by molar-refractivity contribution is 0.340. The molecule has 78 valence electrons. The molecule has 0 unspecified atom stereocenters. The van der Waals surface area contributed by atoms with Crippen LogP contribution < -0.4 is 4.74 Å². The van der Waals surface area contributed by atoms with E-state index in [0.29, 0.717) is 6.61 Å². The van der Waals surface area contributed by atoms with Gasteiger partial charge in [0, 0.05) is 12.6 Å². The molecule has 1 heterocycles. The maximum atomic E-state index is 5.37. The first kappa shape index (κ1) is 9.71. The zero-order chi connectivity index (χ0) is 10.7. The van der Waals surface area contributed by atoms with E-state index in [4.69, 9.17) is 4.74 Å². The van der Waals surface area contributed by atoms with Crippen LogP contribution in [0.15, 0.2) is 30.6 Å². The molecule has 0 aliphatic rings. The van der Waals surface area contributed by atoms with Gasteiger partial charge in [-0.15, -0.1) is 10.2 Å². The summed E-state index contributed by atoms with van der Waals surface area (Å²) in [5.74, 6) is 1.74. The van der Waals surface area contributed by atoms with Crippen molar-refractivity contribution in [1.29, 1.82) is 0 Å². The molecule has 2 aromatic rings. The van der Waals surface area contributed by atoms with Gasteiger partial charge in [0.2, 0.25) is 0 Å². The second kappa shape index (κ2) is 4.13. The van der Waals surface area contributed by atoms with Crippen molar-refractivity contribution >= 4 is 0 Å². The SMILES string of the molecule is CCOc1ccc(-c2nncn2C)cc1. The number of aryl methyl sites for hydroxylation is 1. The van der Waals surface area contributed by atoms with Gasteiger partial charge in [-0.25, -0.2) is 0 Å². The minimum atomic E-state index is 0.684. The highest BCUT2D eigenvalue weighted by molar-refractivity contribution is 5.56. The van der Waals surface area contributed by atoms with Crippen LogP contribution in [0.4, 0.5) is 0 Å². The Hall–Kier alpha value is -1.84. The van der Waals surface area contributed by atoms with E-state index in [2.05, 4.69) is 10.2 Å². The quantitative estimate of drug-likeness (QED) is 0.764. The van der Waals surface area contributed by atoms with E-state index in [0.717, 1.165) is 17.1 Å². The normalized spacial score (nSPS) is 10.3. The Morgan fingerprint density at radius 1 is 1.27 bits per heavy atom. The summed E-state index contributed by atoms with van der Waals surface area (Å²) >= 11 is 0. The van der Waals surface area contributed by atoms with E-state index >= 15 is 0 Å². The zero-order valence-corrected chi connectivity index (χ0v) is 8.84. The summed E-state index contributed by atoms with van der Waals surface area (Å²) in [6.07, 6.45) is 1.69. The fraction of sp³-hybridized carbons (Fsp3) is 0.273. The van der Waals surface area contributed by atoms with Crippen LogP contribution in [-0.2, 0) is 7.05 Å². The van der Waals surface area contributed by atoms with Crippen LogP contribution in [0.25, 0.3) is 11.4 Å². The molecule has 0 amide bonds. The van der Waals surface area contributed by atoms with Gasteiger partial charge in [0.1, 0.15) is 12.1 Å². The van der Waals surface area contributed by atoms with Crippen molar-refractivity contribution < 1.29 is 4.74 Å². The molecular formula is C11H13N3O. The number of hydrogen-bond acceptors (Lipinski definition) is 3. The van der Waals surface area contributed by atoms with Crippen molar-refractivity contribution in [2.75, 3.05) is 6.61 Å². The van der Waals surface area contributed by atoms with Crippen LogP contribution in [0, 0.1) is 0 Å². The number of rotatable bonds is 3. The van der Waals surface area contributed by atoms with E-state index in [1.807, 2.05) is 42.8 Å². The summed E-state index contributed by atoms with van der Waals surface area (Å²) in [6.45, 7) is 2.65. The Morgan fingerprint density at radius 3 is 2.53 bits per heavy atom. The van der Waals surface area contributed by atoms with Crippen molar-refractivity contribution in [2.45, 2.75) is 6.92 Å². The van der Waals surface area contributed by atoms with Crippen molar-refractivity contribution in [2.24, 2.45) is 7.05 Å². The molecule has 15 heavy (non-hydrogen) atoms. The first-order chi connectivity index (χ1) is 7.31. The Morgan fingerprint density at radius 2 is 2.00 bits per heavy atom. The van der Waals surface area contributed by atoms with Gasteiger partial charge in [0.15, 0.2) is 5.82 Å². The van der Waals surface area contributed by atoms with Gasteiger partial charge in [-0.2, -0.15) is 0 Å². The largest absolute Gasteiger partial charge is 0.494 e. The molecule has 0 saturated carbocycles. The second-order valence-electron chi connectivity index (χ2n) is 3.22. The number of ether oxygens (including phenoxy) is 1. The van der Waals surface area contributed by atoms with Crippen molar-refractivity contribution in [1.82, 2.24) is 14.8 Å². The monoisotopic (exact) mass is 203 g/mol. The minimum Gasteiger partial charge on any atom is -0.494 e. The predicted octanol–water partition coefficient (Wildman–Crippen LogP) is 1.88. The van der Waals surface area contributed by atoms with Gasteiger partial charge in [-0.1, -0.05) is 0 Å². The number of aromatic nitrogens is 3. The molecule has 0 saturated heterocycles. The first-order valence-corrected chi connectivity index (χ1v) is 4.88. The maximum Gasteiger partial charge on any atom is 0.163 e. The van der Waals surface area contributed by atoms with Crippen molar-refractivity contribution in [3.8, 4) is 17.1 Å². The molecule has 0 aliphatic heterocycles. The van der Waals surface area contributed by atoms with E-state index in [1.54, 1.807) is 6.33 Å². The van der Waals surface area contributed by atoms with Crippen molar-refractivity contribution in [3.05, 3.63) is 30.6 Å². The molecule has 0 N–H and O–H groups in total. The van der Waals surface area contributed by atoms with Crippen LogP contribution in [0.2, 0.25) is 0 Å². The topological polar surface area (TPSA) is 39.9 Å². The Kier molecular flexibility index (Phi) is 2.67. The number of hydrogen-bond donors (Lipinski definition) is 0. The number of nitrogens with zero attached hydrogens (tertiary/aromatic N) is 3. The molecular weight excluding hydrogens is 190 g/mol. The predicted molar refractivity (Wildman–Crippen MR) is 57.6 cm³/mol. The molecule has 0 spiro atoms. The van der Waals surface area contributed by atoms with Gasteiger partial charge >= 0.3 is 0 Å². The van der Waals surface area contributed by atoms with Crippen molar-refractivity contribution in [3.63, 3.8) is 0 Å². The van der Waals surface area contributed by atoms with E-state index in [9.17, 15) is 0 Å². The van der Waals surface area contributed by atoms with Gasteiger partial charge in [0.25, 0.3) is 0 Å². The van der Waals surface area contributed by atoms with Gasteiger partial charge in [-0.3, -0.25) is 0 Å². The summed E-state index contributed by atoms with van der Waals surface area (Å²) in [5, 5.41) is 7.87. The Labute approximate surface area is 88.5 Å². The average molecular weight is 203 g/mol. The van der Waals surface area contributed by atoms with Gasteiger partial charge in [-0.05, 0) is 31.2 Å². The molecule has 0 radical (unpaired) electrons. The van der Waals surface area contributed by atoms with Crippen LogP contribution in [-0.4, -0.2) is 21.4 Å². The highest BCUT2D eigenvalue weighted by Gasteiger charge is 2.03. The molecule has 1 aromatic carbocycles. The van der Waals surface area contributed by atoms with Crippen LogP contribution in [0.1, 0.15) is 6.92 Å². The van der Waals surface area contributed by atoms with E-state index in [1.165, 1.54) is 0 Å². The third-order valence-electron chi connectivity index (χ3n) is 2.13. The Bertz CT molecular complexity index is 433. The molecule has 2 rings (SSSR count). The third-order valence-corrected chi connectivity index (χ3v) is 2.13. The summed E-state index contributed by atoms with van der Waals surface area (Å²) in [6, 6.07) is 7.84. The summed E-state index contributed by atoms with van der Waals surface area (Å²) in [5.41, 5.74) is 1.04. The molecule has 0 fully saturated rings. The fourth-order valence-corrected chi connectivity index (χ4v) is 1.41. The molecule has 4 heteroatoms. The molecule has 4 nitrogen and oxygen atoms in total. The van der Waals surface area contributed by atoms with Gasteiger partial charge in [0.05, 0.1) is 6.61 Å². The lowest BCUT2D eigenvalue weighted by Gasteiger charge is -2.04.